The van der Waals surface area contributed by atoms with E-state index in [-0.39, 0.29) is 6.61 Å². The van der Waals surface area contributed by atoms with E-state index in [0.717, 1.165) is 29.0 Å². The van der Waals surface area contributed by atoms with Crippen LogP contribution in [-0.4, -0.2) is 5.11 Å². The normalized spacial score (nSPS) is 10.6. The molecule has 20 heavy (non-hydrogen) atoms. The molecule has 0 amide bonds. The zero-order chi connectivity index (χ0) is 14.4. The molecule has 2 heteroatoms. The Morgan fingerprint density at radius 1 is 1.05 bits per heavy atom. The van der Waals surface area contributed by atoms with Gasteiger partial charge < -0.3 is 9.84 Å². The van der Waals surface area contributed by atoms with E-state index in [1.807, 2.05) is 37.3 Å². The third-order valence-electron chi connectivity index (χ3n) is 3.36. The third kappa shape index (κ3) is 3.84. The second-order valence-corrected chi connectivity index (χ2v) is 5.12. The number of hydrogen-bond acceptors (Lipinski definition) is 2. The van der Waals surface area contributed by atoms with E-state index >= 15 is 0 Å². The summed E-state index contributed by atoms with van der Waals surface area (Å²) in [5.41, 5.74) is 3.28. The van der Waals surface area contributed by atoms with Gasteiger partial charge in [-0.05, 0) is 43.5 Å². The molecule has 0 fully saturated rings. The average molecular weight is 270 g/mol. The lowest BCUT2D eigenvalue weighted by molar-refractivity contribution is 0.276. The highest BCUT2D eigenvalue weighted by molar-refractivity contribution is 5.40. The Balaban J connectivity index is 2.10. The van der Waals surface area contributed by atoms with Crippen LogP contribution in [0, 0.1) is 6.92 Å². The number of unbranched alkanes of at least 4 members (excludes halogenated alkanes) is 1. The summed E-state index contributed by atoms with van der Waals surface area (Å²) in [6.45, 7) is 4.20. The van der Waals surface area contributed by atoms with Gasteiger partial charge in [0.15, 0.2) is 0 Å². The summed E-state index contributed by atoms with van der Waals surface area (Å²) in [7, 11) is 0. The lowest BCUT2D eigenvalue weighted by atomic mass is 10.1. The van der Waals surface area contributed by atoms with Crippen molar-refractivity contribution in [3.8, 4) is 11.5 Å². The Kier molecular flexibility index (Phi) is 5.19. The number of benzene rings is 2. The van der Waals surface area contributed by atoms with Crippen molar-refractivity contribution in [1.29, 1.82) is 0 Å². The molecule has 1 N–H and O–H groups in total. The highest BCUT2D eigenvalue weighted by atomic mass is 16.5. The van der Waals surface area contributed by atoms with E-state index in [1.54, 1.807) is 0 Å². The Bertz CT molecular complexity index is 544. The molecule has 2 rings (SSSR count). The van der Waals surface area contributed by atoms with Crippen molar-refractivity contribution < 1.29 is 9.84 Å². The molecule has 106 valence electrons. The smallest absolute Gasteiger partial charge is 0.132 e. The predicted molar refractivity (Wildman–Crippen MR) is 82.2 cm³/mol. The molecule has 0 heterocycles. The van der Waals surface area contributed by atoms with Crippen molar-refractivity contribution in [2.45, 2.75) is 39.7 Å². The quantitative estimate of drug-likeness (QED) is 0.829. The fraction of sp³-hybridized carbons (Fsp3) is 0.333. The fourth-order valence-corrected chi connectivity index (χ4v) is 2.16. The van der Waals surface area contributed by atoms with Gasteiger partial charge in [-0.1, -0.05) is 43.2 Å². The molecule has 0 spiro atoms. The van der Waals surface area contributed by atoms with Gasteiger partial charge in [-0.2, -0.15) is 0 Å². The first-order chi connectivity index (χ1) is 9.72. The summed E-state index contributed by atoms with van der Waals surface area (Å²) < 4.78 is 5.85. The highest BCUT2D eigenvalue weighted by Gasteiger charge is 2.04. The number of aliphatic hydroxyl groups is 1. The minimum absolute atomic E-state index is 0.00834. The zero-order valence-corrected chi connectivity index (χ0v) is 12.2. The van der Waals surface area contributed by atoms with Gasteiger partial charge >= 0.3 is 0 Å². The first kappa shape index (κ1) is 14.6. The molecule has 0 aliphatic carbocycles. The van der Waals surface area contributed by atoms with Crippen molar-refractivity contribution in [3.05, 3.63) is 59.2 Å². The van der Waals surface area contributed by atoms with Crippen molar-refractivity contribution >= 4 is 0 Å². The number of aryl methyl sites for hydroxylation is 2. The van der Waals surface area contributed by atoms with Crippen molar-refractivity contribution in [1.82, 2.24) is 0 Å². The molecule has 2 aromatic rings. The predicted octanol–water partition coefficient (Wildman–Crippen LogP) is 4.62. The highest BCUT2D eigenvalue weighted by Crippen LogP contribution is 2.26. The molecule has 0 atom stereocenters. The van der Waals surface area contributed by atoms with E-state index < -0.39 is 0 Å². The van der Waals surface area contributed by atoms with Gasteiger partial charge in [-0.15, -0.1) is 0 Å². The van der Waals surface area contributed by atoms with Crippen LogP contribution in [0.5, 0.6) is 11.5 Å². The molecule has 0 radical (unpaired) electrons. The fourth-order valence-electron chi connectivity index (χ4n) is 2.16. The summed E-state index contributed by atoms with van der Waals surface area (Å²) in [6.07, 6.45) is 3.54. The summed E-state index contributed by atoms with van der Waals surface area (Å²) in [5, 5.41) is 9.38. The van der Waals surface area contributed by atoms with Gasteiger partial charge in [0.2, 0.25) is 0 Å². The SMILES string of the molecule is CCCCc1ccc(Oc2ccc(C)cc2CO)cc1. The Labute approximate surface area is 121 Å². The number of rotatable bonds is 6. The van der Waals surface area contributed by atoms with Crippen molar-refractivity contribution in [3.63, 3.8) is 0 Å². The molecule has 0 aliphatic rings. The van der Waals surface area contributed by atoms with E-state index in [1.165, 1.54) is 18.4 Å². The van der Waals surface area contributed by atoms with Crippen LogP contribution < -0.4 is 4.74 Å². The van der Waals surface area contributed by atoms with Crippen molar-refractivity contribution in [2.24, 2.45) is 0 Å². The summed E-state index contributed by atoms with van der Waals surface area (Å²) in [4.78, 5) is 0. The van der Waals surface area contributed by atoms with Gasteiger partial charge in [0.05, 0.1) is 6.61 Å². The van der Waals surface area contributed by atoms with Gasteiger partial charge in [-0.3, -0.25) is 0 Å². The summed E-state index contributed by atoms with van der Waals surface area (Å²) >= 11 is 0. The lowest BCUT2D eigenvalue weighted by Crippen LogP contribution is -1.93. The van der Waals surface area contributed by atoms with Gasteiger partial charge in [0.25, 0.3) is 0 Å². The van der Waals surface area contributed by atoms with Gasteiger partial charge in [-0.25, -0.2) is 0 Å². The first-order valence-corrected chi connectivity index (χ1v) is 7.20. The number of aliphatic hydroxyl groups excluding tert-OH is 1. The Hall–Kier alpha value is -1.80. The number of hydrogen-bond donors (Lipinski definition) is 1. The standard InChI is InChI=1S/C18H22O2/c1-3-4-5-15-7-9-17(10-8-15)20-18-11-6-14(2)12-16(18)13-19/h6-12,19H,3-5,13H2,1-2H3. The first-order valence-electron chi connectivity index (χ1n) is 7.20. The van der Waals surface area contributed by atoms with E-state index in [4.69, 9.17) is 4.74 Å². The molecule has 0 saturated carbocycles. The van der Waals surface area contributed by atoms with Crippen LogP contribution in [0.1, 0.15) is 36.5 Å². The minimum atomic E-state index is -0.00834. The van der Waals surface area contributed by atoms with Crippen LogP contribution >= 0.6 is 0 Å². The minimum Gasteiger partial charge on any atom is -0.457 e. The molecule has 2 aromatic carbocycles. The molecule has 2 nitrogen and oxygen atoms in total. The maximum atomic E-state index is 9.38. The van der Waals surface area contributed by atoms with Gasteiger partial charge in [0.1, 0.15) is 11.5 Å². The van der Waals surface area contributed by atoms with E-state index in [9.17, 15) is 5.11 Å². The summed E-state index contributed by atoms with van der Waals surface area (Å²) in [6, 6.07) is 14.1. The second kappa shape index (κ2) is 7.11. The van der Waals surface area contributed by atoms with Crippen LogP contribution in [0.15, 0.2) is 42.5 Å². The topological polar surface area (TPSA) is 29.5 Å². The molecule has 0 bridgehead atoms. The van der Waals surface area contributed by atoms with Gasteiger partial charge in [0, 0.05) is 5.56 Å². The van der Waals surface area contributed by atoms with Crippen molar-refractivity contribution in [2.75, 3.05) is 0 Å². The number of ether oxygens (including phenoxy) is 1. The monoisotopic (exact) mass is 270 g/mol. The zero-order valence-electron chi connectivity index (χ0n) is 12.2. The van der Waals surface area contributed by atoms with Crippen LogP contribution in [0.25, 0.3) is 0 Å². The maximum absolute atomic E-state index is 9.38. The molecular weight excluding hydrogens is 248 g/mol. The van der Waals surface area contributed by atoms with Crippen LogP contribution in [0.2, 0.25) is 0 Å². The second-order valence-electron chi connectivity index (χ2n) is 5.12. The molecule has 0 unspecified atom stereocenters. The maximum Gasteiger partial charge on any atom is 0.132 e. The average Bonchev–Trinajstić information content (AvgIpc) is 2.48. The van der Waals surface area contributed by atoms with E-state index in [2.05, 4.69) is 19.1 Å². The Morgan fingerprint density at radius 3 is 2.45 bits per heavy atom. The van der Waals surface area contributed by atoms with Crippen LogP contribution in [-0.2, 0) is 13.0 Å². The molecule has 0 aromatic heterocycles. The lowest BCUT2D eigenvalue weighted by Gasteiger charge is -2.11. The third-order valence-corrected chi connectivity index (χ3v) is 3.36. The van der Waals surface area contributed by atoms with Crippen LogP contribution in [0.4, 0.5) is 0 Å². The van der Waals surface area contributed by atoms with E-state index in [0.29, 0.717) is 0 Å². The largest absolute Gasteiger partial charge is 0.457 e. The molecule has 0 saturated heterocycles. The molecule has 0 aliphatic heterocycles. The summed E-state index contributed by atoms with van der Waals surface area (Å²) in [5.74, 6) is 1.53. The Morgan fingerprint density at radius 2 is 1.80 bits per heavy atom. The molecular formula is C18H22O2. The van der Waals surface area contributed by atoms with Crippen LogP contribution in [0.3, 0.4) is 0 Å².